The maximum Gasteiger partial charge on any atom is 0.413 e. The van der Waals surface area contributed by atoms with Gasteiger partial charge in [0.2, 0.25) is 11.5 Å². The Morgan fingerprint density at radius 2 is 1.40 bits per heavy atom. The zero-order valence-electron chi connectivity index (χ0n) is 17.0. The number of esters is 1. The zero-order chi connectivity index (χ0) is 21.7. The van der Waals surface area contributed by atoms with Crippen LogP contribution in [0, 0.1) is 0 Å². The van der Waals surface area contributed by atoms with Crippen LogP contribution < -0.4 is 0 Å². The summed E-state index contributed by atoms with van der Waals surface area (Å²) >= 11 is 0. The first-order chi connectivity index (χ1) is 14.4. The van der Waals surface area contributed by atoms with Gasteiger partial charge in [-0.15, -0.1) is 0 Å². The van der Waals surface area contributed by atoms with Crippen molar-refractivity contribution in [3.63, 3.8) is 0 Å². The van der Waals surface area contributed by atoms with E-state index in [0.717, 1.165) is 64.2 Å². The highest BCUT2D eigenvalue weighted by molar-refractivity contribution is 5.89. The van der Waals surface area contributed by atoms with Crippen molar-refractivity contribution in [1.29, 1.82) is 0 Å². The molecule has 1 aliphatic heterocycles. The number of nitrogens with zero attached hydrogens (tertiary/aromatic N) is 2. The number of ether oxygens (including phenoxy) is 2. The Morgan fingerprint density at radius 3 is 1.87 bits per heavy atom. The molecule has 0 saturated heterocycles. The third kappa shape index (κ3) is 5.09. The summed E-state index contributed by atoms with van der Waals surface area (Å²) in [6.07, 6.45) is 5.71. The van der Waals surface area contributed by atoms with Gasteiger partial charge in [0, 0.05) is 25.2 Å². The van der Waals surface area contributed by atoms with Crippen molar-refractivity contribution >= 4 is 18.2 Å². The average molecular weight is 426 g/mol. The summed E-state index contributed by atoms with van der Waals surface area (Å²) in [4.78, 5) is 38.9. The summed E-state index contributed by atoms with van der Waals surface area (Å²) in [6.45, 7) is 0.298. The molecule has 2 amide bonds. The summed E-state index contributed by atoms with van der Waals surface area (Å²) in [5.41, 5.74) is 0. The molecule has 1 atom stereocenters. The number of aliphatic hydroxyl groups is 2. The molecule has 3 rings (SSSR count). The number of cyclic esters (lactones) is 1. The van der Waals surface area contributed by atoms with Gasteiger partial charge in [0.05, 0.1) is 0 Å². The van der Waals surface area contributed by atoms with E-state index in [4.69, 9.17) is 4.74 Å². The second kappa shape index (κ2) is 9.90. The molecule has 0 spiro atoms. The van der Waals surface area contributed by atoms with Gasteiger partial charge in [-0.05, 0) is 25.7 Å². The van der Waals surface area contributed by atoms with Crippen LogP contribution >= 0.6 is 0 Å². The summed E-state index contributed by atoms with van der Waals surface area (Å²) < 4.78 is 9.79. The second-order valence-electron chi connectivity index (χ2n) is 8.11. The number of amides is 2. The molecule has 2 saturated carbocycles. The van der Waals surface area contributed by atoms with Crippen LogP contribution in [0.5, 0.6) is 0 Å². The lowest BCUT2D eigenvalue weighted by molar-refractivity contribution is -0.157. The molecule has 0 aromatic heterocycles. The summed E-state index contributed by atoms with van der Waals surface area (Å²) in [5.74, 6) is -2.98. The SMILES string of the molecule is O=C1OC(OC(=O)N(CCN(C(=O)O)C2CCCCC2)C2CCCCC2)C(O)=C1O. The van der Waals surface area contributed by atoms with Gasteiger partial charge in [-0.1, -0.05) is 38.5 Å². The van der Waals surface area contributed by atoms with E-state index in [1.807, 2.05) is 0 Å². The van der Waals surface area contributed by atoms with Crippen LogP contribution in [0.4, 0.5) is 9.59 Å². The molecule has 10 nitrogen and oxygen atoms in total. The third-order valence-electron chi connectivity index (χ3n) is 6.17. The van der Waals surface area contributed by atoms with Gasteiger partial charge in [-0.2, -0.15) is 0 Å². The summed E-state index contributed by atoms with van der Waals surface area (Å²) in [7, 11) is 0. The molecule has 0 aromatic carbocycles. The molecule has 1 heterocycles. The summed E-state index contributed by atoms with van der Waals surface area (Å²) in [6, 6.07) is -0.176. The van der Waals surface area contributed by atoms with E-state index in [0.29, 0.717) is 0 Å². The Bertz CT molecular complexity index is 682. The molecule has 3 aliphatic rings. The number of hydrogen-bond donors (Lipinski definition) is 3. The third-order valence-corrected chi connectivity index (χ3v) is 6.17. The van der Waals surface area contributed by atoms with Crippen molar-refractivity contribution in [2.24, 2.45) is 0 Å². The van der Waals surface area contributed by atoms with Gasteiger partial charge in [-0.3, -0.25) is 0 Å². The average Bonchev–Trinajstić information content (AvgIpc) is 2.98. The minimum atomic E-state index is -1.69. The van der Waals surface area contributed by atoms with E-state index in [1.165, 1.54) is 9.80 Å². The van der Waals surface area contributed by atoms with Crippen LogP contribution in [-0.2, 0) is 14.3 Å². The highest BCUT2D eigenvalue weighted by Crippen LogP contribution is 2.27. The van der Waals surface area contributed by atoms with Crippen molar-refractivity contribution in [2.45, 2.75) is 82.6 Å². The normalized spacial score (nSPS) is 23.2. The molecule has 1 unspecified atom stereocenters. The molecular weight excluding hydrogens is 396 g/mol. The number of carbonyl (C=O) groups is 3. The highest BCUT2D eigenvalue weighted by Gasteiger charge is 2.39. The Morgan fingerprint density at radius 1 is 0.900 bits per heavy atom. The van der Waals surface area contributed by atoms with Gasteiger partial charge in [0.15, 0.2) is 0 Å². The van der Waals surface area contributed by atoms with Crippen LogP contribution in [-0.4, -0.2) is 74.7 Å². The lowest BCUT2D eigenvalue weighted by atomic mass is 9.93. The van der Waals surface area contributed by atoms with Crippen LogP contribution in [0.3, 0.4) is 0 Å². The maximum atomic E-state index is 12.8. The van der Waals surface area contributed by atoms with E-state index in [9.17, 15) is 29.7 Å². The predicted octanol–water partition coefficient (Wildman–Crippen LogP) is 3.28. The quantitative estimate of drug-likeness (QED) is 0.550. The number of aliphatic hydroxyl groups excluding tert-OH is 2. The predicted molar refractivity (Wildman–Crippen MR) is 104 cm³/mol. The van der Waals surface area contributed by atoms with E-state index < -0.39 is 36.0 Å². The molecule has 0 aromatic rings. The first-order valence-electron chi connectivity index (χ1n) is 10.7. The van der Waals surface area contributed by atoms with Crippen molar-refractivity contribution in [2.75, 3.05) is 13.1 Å². The Labute approximate surface area is 175 Å². The fraction of sp³-hybridized carbons (Fsp3) is 0.750. The van der Waals surface area contributed by atoms with E-state index in [1.54, 1.807) is 0 Å². The van der Waals surface area contributed by atoms with Gasteiger partial charge in [-0.25, -0.2) is 14.4 Å². The molecule has 2 aliphatic carbocycles. The second-order valence-corrected chi connectivity index (χ2v) is 8.11. The van der Waals surface area contributed by atoms with Crippen LogP contribution in [0.15, 0.2) is 11.5 Å². The molecule has 30 heavy (non-hydrogen) atoms. The Balaban J connectivity index is 1.67. The monoisotopic (exact) mass is 426 g/mol. The Kier molecular flexibility index (Phi) is 7.28. The first kappa shape index (κ1) is 22.0. The molecule has 2 fully saturated rings. The largest absolute Gasteiger partial charge is 0.503 e. The Hall–Kier alpha value is -2.65. The maximum absolute atomic E-state index is 12.8. The van der Waals surface area contributed by atoms with Gasteiger partial charge in [0.1, 0.15) is 0 Å². The highest BCUT2D eigenvalue weighted by atomic mass is 16.7. The van der Waals surface area contributed by atoms with Crippen molar-refractivity contribution in [3.8, 4) is 0 Å². The molecule has 0 radical (unpaired) electrons. The van der Waals surface area contributed by atoms with Gasteiger partial charge in [0.25, 0.3) is 0 Å². The van der Waals surface area contributed by atoms with E-state index >= 15 is 0 Å². The summed E-state index contributed by atoms with van der Waals surface area (Å²) in [5, 5.41) is 28.8. The fourth-order valence-electron chi connectivity index (χ4n) is 4.52. The van der Waals surface area contributed by atoms with Crippen molar-refractivity contribution < 1.29 is 39.2 Å². The number of carbonyl (C=O) groups excluding carboxylic acids is 2. The number of hydrogen-bond acceptors (Lipinski definition) is 7. The van der Waals surface area contributed by atoms with Gasteiger partial charge >= 0.3 is 24.4 Å². The molecule has 3 N–H and O–H groups in total. The van der Waals surface area contributed by atoms with Crippen molar-refractivity contribution in [3.05, 3.63) is 11.5 Å². The van der Waals surface area contributed by atoms with Crippen molar-refractivity contribution in [1.82, 2.24) is 9.80 Å². The lowest BCUT2D eigenvalue weighted by Gasteiger charge is -2.37. The van der Waals surface area contributed by atoms with Crippen LogP contribution in [0.25, 0.3) is 0 Å². The van der Waals surface area contributed by atoms with Crippen LogP contribution in [0.1, 0.15) is 64.2 Å². The fourth-order valence-corrected chi connectivity index (χ4v) is 4.52. The molecule has 0 bridgehead atoms. The molecular formula is C20H30N2O8. The first-order valence-corrected chi connectivity index (χ1v) is 10.7. The molecule has 168 valence electrons. The smallest absolute Gasteiger partial charge is 0.413 e. The standard InChI is InChI=1S/C20H30N2O8/c23-15-16(24)18(29-17(15)25)30-20(28)22(14-9-5-2-6-10-14)12-11-21(19(26)27)13-7-3-1-4-8-13/h13-14,18,23-24H,1-12H2,(H,26,27). The lowest BCUT2D eigenvalue weighted by Crippen LogP contribution is -2.50. The van der Waals surface area contributed by atoms with E-state index in [2.05, 4.69) is 4.74 Å². The van der Waals surface area contributed by atoms with Gasteiger partial charge < -0.3 is 34.6 Å². The molecule has 10 heteroatoms. The minimum absolute atomic E-state index is 0.0554. The topological polar surface area (TPSA) is 137 Å². The van der Waals surface area contributed by atoms with Crippen LogP contribution in [0.2, 0.25) is 0 Å². The van der Waals surface area contributed by atoms with E-state index in [-0.39, 0.29) is 25.2 Å². The number of rotatable bonds is 6. The minimum Gasteiger partial charge on any atom is -0.503 e. The number of carboxylic acid groups (broad SMARTS) is 1. The zero-order valence-corrected chi connectivity index (χ0v) is 17.0.